The molecule has 2 aromatic rings. The predicted molar refractivity (Wildman–Crippen MR) is 153 cm³/mol. The minimum Gasteiger partial charge on any atom is -0.493 e. The largest absolute Gasteiger partial charge is 0.493 e. The van der Waals surface area contributed by atoms with E-state index in [1.165, 1.54) is 66.4 Å². The van der Waals surface area contributed by atoms with Gasteiger partial charge in [-0.25, -0.2) is 0 Å². The van der Waals surface area contributed by atoms with E-state index in [0.29, 0.717) is 34.1 Å². The molecule has 0 aliphatic rings. The highest BCUT2D eigenvalue weighted by Crippen LogP contribution is 2.33. The Bertz CT molecular complexity index is 1270. The summed E-state index contributed by atoms with van der Waals surface area (Å²) >= 11 is 11.1. The number of amides is 3. The van der Waals surface area contributed by atoms with E-state index < -0.39 is 23.6 Å². The van der Waals surface area contributed by atoms with Crippen LogP contribution >= 0.6 is 24.4 Å². The summed E-state index contributed by atoms with van der Waals surface area (Å²) in [5, 5.41) is 3.28. The normalized spacial score (nSPS) is 11.0. The first-order valence-electron chi connectivity index (χ1n) is 11.6. The number of rotatable bonds is 8. The number of imide groups is 1. The van der Waals surface area contributed by atoms with Gasteiger partial charge in [0.05, 0.1) is 39.6 Å². The van der Waals surface area contributed by atoms with Gasteiger partial charge in [0.2, 0.25) is 5.91 Å². The van der Waals surface area contributed by atoms with E-state index in [1.807, 2.05) is 0 Å². The van der Waals surface area contributed by atoms with Gasteiger partial charge in [-0.1, -0.05) is 36.6 Å². The topological polar surface area (TPSA) is 110 Å². The van der Waals surface area contributed by atoms with E-state index in [-0.39, 0.29) is 9.98 Å². The van der Waals surface area contributed by atoms with E-state index in [4.69, 9.17) is 43.4 Å². The van der Waals surface area contributed by atoms with Crippen molar-refractivity contribution < 1.29 is 33.3 Å². The van der Waals surface area contributed by atoms with Crippen molar-refractivity contribution in [1.82, 2.24) is 20.5 Å². The molecule has 1 N–H and O–H groups in total. The number of hydrazine groups is 2. The van der Waals surface area contributed by atoms with Crippen LogP contribution in [0.1, 0.15) is 25.0 Å². The summed E-state index contributed by atoms with van der Waals surface area (Å²) in [6.07, 6.45) is 0. The summed E-state index contributed by atoms with van der Waals surface area (Å²) in [5.74, 6) is -1.82. The number of methoxy groups -OCH3 is 4. The molecule has 0 saturated carbocycles. The Hall–Kier alpha value is -3.97. The van der Waals surface area contributed by atoms with Gasteiger partial charge in [0.15, 0.2) is 23.0 Å². The Morgan fingerprint density at radius 2 is 1.26 bits per heavy atom. The lowest BCUT2D eigenvalue weighted by Crippen LogP contribution is -2.55. The molecule has 0 spiro atoms. The minimum absolute atomic E-state index is 0.102. The summed E-state index contributed by atoms with van der Waals surface area (Å²) in [7, 11) is 8.87. The lowest BCUT2D eigenvalue weighted by atomic mass is 10.1. The fourth-order valence-corrected chi connectivity index (χ4v) is 4.13. The van der Waals surface area contributed by atoms with Crippen LogP contribution in [0, 0.1) is 5.92 Å². The van der Waals surface area contributed by atoms with Crippen molar-refractivity contribution in [3.05, 3.63) is 47.5 Å². The Morgan fingerprint density at radius 3 is 1.67 bits per heavy atom. The predicted octanol–water partition coefficient (Wildman–Crippen LogP) is 2.59. The molecular weight excluding hydrogens is 544 g/mol. The smallest absolute Gasteiger partial charge is 0.260 e. The Morgan fingerprint density at radius 1 is 0.795 bits per heavy atom. The molecule has 0 heterocycles. The second-order valence-corrected chi connectivity index (χ2v) is 8.92. The zero-order valence-electron chi connectivity index (χ0n) is 23.1. The monoisotopic (exact) mass is 576 g/mol. The van der Waals surface area contributed by atoms with Crippen LogP contribution < -0.4 is 24.4 Å². The van der Waals surface area contributed by atoms with Gasteiger partial charge in [0, 0.05) is 21.0 Å². The molecule has 1 unspecified atom stereocenters. The molecule has 11 nitrogen and oxygen atoms in total. The van der Waals surface area contributed by atoms with Gasteiger partial charge in [0.25, 0.3) is 11.8 Å². The van der Waals surface area contributed by atoms with Crippen molar-refractivity contribution in [2.24, 2.45) is 5.92 Å². The number of hydrogen-bond acceptors (Lipinski definition) is 9. The molecule has 13 heteroatoms. The maximum absolute atomic E-state index is 13.4. The van der Waals surface area contributed by atoms with Gasteiger partial charge in [-0.3, -0.25) is 29.8 Å². The molecule has 2 aromatic carbocycles. The first-order chi connectivity index (χ1) is 18.4. The molecule has 0 saturated heterocycles. The number of para-hydroxylation sites is 2. The summed E-state index contributed by atoms with van der Waals surface area (Å²) in [4.78, 5) is 39.3. The van der Waals surface area contributed by atoms with Crippen molar-refractivity contribution in [2.45, 2.75) is 13.8 Å². The van der Waals surface area contributed by atoms with Gasteiger partial charge < -0.3 is 18.9 Å². The number of ether oxygens (including phenoxy) is 4. The van der Waals surface area contributed by atoms with Crippen molar-refractivity contribution in [2.75, 3.05) is 42.5 Å². The number of hydrogen-bond donors (Lipinski definition) is 1. The maximum atomic E-state index is 13.4. The van der Waals surface area contributed by atoms with E-state index >= 15 is 0 Å². The second kappa shape index (κ2) is 13.7. The van der Waals surface area contributed by atoms with Crippen molar-refractivity contribution in [3.8, 4) is 23.0 Å². The number of carbonyl (C=O) groups is 3. The molecule has 0 fully saturated rings. The number of benzene rings is 2. The summed E-state index contributed by atoms with van der Waals surface area (Å²) in [6, 6.07) is 10.2. The average Bonchev–Trinajstić information content (AvgIpc) is 2.94. The third-order valence-corrected chi connectivity index (χ3v) is 6.69. The average molecular weight is 577 g/mol. The van der Waals surface area contributed by atoms with Crippen LogP contribution in [0.15, 0.2) is 36.4 Å². The van der Waals surface area contributed by atoms with E-state index in [2.05, 4.69) is 5.43 Å². The van der Waals surface area contributed by atoms with Crippen molar-refractivity contribution >= 4 is 52.1 Å². The lowest BCUT2D eigenvalue weighted by molar-refractivity contribution is -0.159. The molecule has 2 rings (SSSR count). The summed E-state index contributed by atoms with van der Waals surface area (Å²) < 4.78 is 21.5. The zero-order chi connectivity index (χ0) is 29.4. The summed E-state index contributed by atoms with van der Waals surface area (Å²) in [6.45, 7) is 2.57. The van der Waals surface area contributed by atoms with Crippen LogP contribution in [0.25, 0.3) is 0 Å². The first kappa shape index (κ1) is 31.2. The molecule has 3 amide bonds. The fraction of sp³-hybridized carbons (Fsp3) is 0.346. The van der Waals surface area contributed by atoms with E-state index in [0.717, 1.165) is 5.01 Å². The number of nitrogens with zero attached hydrogens (tertiary/aromatic N) is 3. The second-order valence-electron chi connectivity index (χ2n) is 8.14. The zero-order valence-corrected chi connectivity index (χ0v) is 24.7. The summed E-state index contributed by atoms with van der Waals surface area (Å²) in [5.41, 5.74) is 3.50. The van der Waals surface area contributed by atoms with Gasteiger partial charge in [-0.05, 0) is 31.2 Å². The molecule has 0 aromatic heterocycles. The maximum Gasteiger partial charge on any atom is 0.260 e. The third-order valence-electron chi connectivity index (χ3n) is 5.71. The Labute approximate surface area is 238 Å². The molecule has 1 atom stereocenters. The number of carbonyl (C=O) groups excluding carboxylic acids is 3. The minimum atomic E-state index is -1.29. The number of thiocarbonyl (C=S) groups is 2. The van der Waals surface area contributed by atoms with Crippen molar-refractivity contribution in [1.29, 1.82) is 0 Å². The fourth-order valence-electron chi connectivity index (χ4n) is 3.68. The van der Waals surface area contributed by atoms with Crippen LogP contribution in [-0.2, 0) is 14.4 Å². The Balaban J connectivity index is 2.26. The standard InChI is InChI=1S/C26H32N4O7S2/c1-15(23(32)27-28(3)25(38)17-11-9-13-19(34-5)21(17)36-7)24(33)30(16(2)31)29(4)26(39)18-12-10-14-20(35-6)22(18)37-8/h9-15H,1-8H3,(H,27,32). The number of nitrogens with one attached hydrogen (secondary N) is 1. The van der Waals surface area contributed by atoms with Gasteiger partial charge in [0.1, 0.15) is 15.9 Å². The SMILES string of the molecule is COc1cccc(C(=S)N(C)NC(=O)C(C)C(=O)N(C(C)=O)N(C)C(=S)c2cccc(OC)c2OC)c1OC. The molecular formula is C26H32N4O7S2. The quantitative estimate of drug-likeness (QED) is 0.285. The third kappa shape index (κ3) is 6.73. The van der Waals surface area contributed by atoms with Crippen LogP contribution in [0.4, 0.5) is 0 Å². The highest BCUT2D eigenvalue weighted by Gasteiger charge is 2.34. The molecule has 0 radical (unpaired) electrons. The van der Waals surface area contributed by atoms with Crippen molar-refractivity contribution in [3.63, 3.8) is 0 Å². The van der Waals surface area contributed by atoms with Crippen LogP contribution in [-0.4, -0.2) is 85.3 Å². The van der Waals surface area contributed by atoms with Crippen LogP contribution in [0.5, 0.6) is 23.0 Å². The van der Waals surface area contributed by atoms with E-state index in [1.54, 1.807) is 36.4 Å². The highest BCUT2D eigenvalue weighted by molar-refractivity contribution is 7.81. The molecule has 39 heavy (non-hydrogen) atoms. The first-order valence-corrected chi connectivity index (χ1v) is 12.4. The highest BCUT2D eigenvalue weighted by atomic mass is 32.1. The van der Waals surface area contributed by atoms with Gasteiger partial charge >= 0.3 is 0 Å². The van der Waals surface area contributed by atoms with Crippen LogP contribution in [0.3, 0.4) is 0 Å². The Kier molecular flexibility index (Phi) is 11.0. The van der Waals surface area contributed by atoms with Gasteiger partial charge in [-0.2, -0.15) is 5.01 Å². The molecule has 0 aliphatic heterocycles. The molecule has 210 valence electrons. The van der Waals surface area contributed by atoms with Crippen LogP contribution in [0.2, 0.25) is 0 Å². The van der Waals surface area contributed by atoms with Gasteiger partial charge in [-0.15, -0.1) is 0 Å². The molecule has 0 aliphatic carbocycles. The lowest BCUT2D eigenvalue weighted by Gasteiger charge is -2.33. The van der Waals surface area contributed by atoms with E-state index in [9.17, 15) is 14.4 Å². The molecule has 0 bridgehead atoms.